The minimum absolute atomic E-state index is 0.568. The number of benzene rings is 5. The molecule has 0 radical (unpaired) electrons. The van der Waals surface area contributed by atoms with E-state index in [9.17, 15) is 0 Å². The Labute approximate surface area is 232 Å². The van der Waals surface area contributed by atoms with Gasteiger partial charge in [-0.2, -0.15) is 10.2 Å². The van der Waals surface area contributed by atoms with Crippen molar-refractivity contribution in [2.45, 2.75) is 0 Å². The molecule has 0 amide bonds. The first kappa shape index (κ1) is 24.7. The average molecular weight is 519 g/mol. The highest BCUT2D eigenvalue weighted by molar-refractivity contribution is 5.98. The molecular formula is C34H26N6. The van der Waals surface area contributed by atoms with Crippen LogP contribution in [0.2, 0.25) is 0 Å². The summed E-state index contributed by atoms with van der Waals surface area (Å²) >= 11 is 0. The highest BCUT2D eigenvalue weighted by Gasteiger charge is 2.08. The van der Waals surface area contributed by atoms with Gasteiger partial charge in [-0.1, -0.05) is 133 Å². The van der Waals surface area contributed by atoms with Gasteiger partial charge in [-0.15, -0.1) is 10.2 Å². The monoisotopic (exact) mass is 518 g/mol. The van der Waals surface area contributed by atoms with E-state index < -0.39 is 0 Å². The van der Waals surface area contributed by atoms with Gasteiger partial charge >= 0.3 is 0 Å². The normalized spacial score (nSPS) is 11.3. The molecule has 1 aromatic heterocycles. The summed E-state index contributed by atoms with van der Waals surface area (Å²) in [5.41, 5.74) is 12.7. The van der Waals surface area contributed by atoms with E-state index in [0.29, 0.717) is 11.6 Å². The largest absolute Gasteiger partial charge is 0.259 e. The lowest BCUT2D eigenvalue weighted by Crippen LogP contribution is -2.01. The van der Waals surface area contributed by atoms with Gasteiger partial charge in [0.2, 0.25) is 0 Å². The third-order valence-electron chi connectivity index (χ3n) is 6.49. The minimum atomic E-state index is 0.568. The summed E-state index contributed by atoms with van der Waals surface area (Å²) in [5.74, 6) is 1.14. The van der Waals surface area contributed by atoms with Crippen molar-refractivity contribution in [2.24, 2.45) is 10.2 Å². The van der Waals surface area contributed by atoms with E-state index in [1.54, 1.807) is 12.4 Å². The number of hydrogen-bond donors (Lipinski definition) is 2. The molecule has 5 aromatic carbocycles. The summed E-state index contributed by atoms with van der Waals surface area (Å²) in [4.78, 5) is 0. The van der Waals surface area contributed by atoms with Crippen molar-refractivity contribution in [1.82, 2.24) is 10.2 Å². The third kappa shape index (κ3) is 5.76. The Morgan fingerprint density at radius 3 is 1.15 bits per heavy atom. The van der Waals surface area contributed by atoms with Gasteiger partial charge in [0.25, 0.3) is 0 Å². The van der Waals surface area contributed by atoms with Gasteiger partial charge in [-0.05, 0) is 33.4 Å². The number of rotatable bonds is 8. The van der Waals surface area contributed by atoms with Crippen molar-refractivity contribution in [1.29, 1.82) is 0 Å². The Balaban J connectivity index is 1.13. The molecule has 0 unspecified atom stereocenters. The van der Waals surface area contributed by atoms with E-state index >= 15 is 0 Å². The van der Waals surface area contributed by atoms with Crippen LogP contribution in [0.15, 0.2) is 144 Å². The van der Waals surface area contributed by atoms with Crippen LogP contribution in [0.1, 0.15) is 11.1 Å². The molecule has 40 heavy (non-hydrogen) atoms. The molecule has 0 bridgehead atoms. The predicted octanol–water partition coefficient (Wildman–Crippen LogP) is 7.86. The van der Waals surface area contributed by atoms with Gasteiger partial charge in [-0.3, -0.25) is 10.9 Å². The fourth-order valence-corrected chi connectivity index (χ4v) is 4.39. The maximum absolute atomic E-state index is 4.40. The van der Waals surface area contributed by atoms with Gasteiger partial charge in [-0.25, -0.2) is 0 Å². The molecule has 6 nitrogen and oxygen atoms in total. The first-order chi connectivity index (χ1) is 19.8. The number of fused-ring (bicyclic) bond motifs is 1. The number of hydrogen-bond acceptors (Lipinski definition) is 6. The van der Waals surface area contributed by atoms with E-state index in [2.05, 4.69) is 79.8 Å². The minimum Gasteiger partial charge on any atom is -0.259 e. The van der Waals surface area contributed by atoms with Gasteiger partial charge in [0, 0.05) is 10.8 Å². The second-order valence-electron chi connectivity index (χ2n) is 9.16. The number of nitrogens with zero attached hydrogens (tertiary/aromatic N) is 4. The first-order valence-electron chi connectivity index (χ1n) is 13.0. The summed E-state index contributed by atoms with van der Waals surface area (Å²) in [6.45, 7) is 0. The number of hydrazone groups is 2. The van der Waals surface area contributed by atoms with E-state index in [1.165, 1.54) is 11.1 Å². The maximum Gasteiger partial charge on any atom is 0.176 e. The molecule has 6 aromatic rings. The Morgan fingerprint density at radius 1 is 0.400 bits per heavy atom. The van der Waals surface area contributed by atoms with Gasteiger partial charge in [0.05, 0.1) is 12.4 Å². The van der Waals surface area contributed by atoms with E-state index in [1.807, 2.05) is 84.9 Å². The van der Waals surface area contributed by atoms with Crippen LogP contribution < -0.4 is 10.9 Å². The van der Waals surface area contributed by atoms with E-state index in [4.69, 9.17) is 0 Å². The molecule has 0 spiro atoms. The standard InChI is InChI=1S/C34H26N6/c1-3-9-27(10-4-1)29-19-15-25(16-20-29)23-35-37-33-31-13-7-8-14-32(31)34(40-39-33)38-36-24-26-17-21-30(22-18-26)28-11-5-2-6-12-28/h1-24H,(H,37,39)(H,38,40)/b35-23-,36-24-. The molecule has 6 heteroatoms. The second-order valence-corrected chi connectivity index (χ2v) is 9.16. The fraction of sp³-hybridized carbons (Fsp3) is 0. The lowest BCUT2D eigenvalue weighted by Gasteiger charge is -2.08. The first-order valence-corrected chi connectivity index (χ1v) is 13.0. The number of nitrogens with one attached hydrogen (secondary N) is 2. The summed E-state index contributed by atoms with van der Waals surface area (Å²) in [5, 5.41) is 19.3. The molecular weight excluding hydrogens is 492 g/mol. The van der Waals surface area contributed by atoms with Crippen molar-refractivity contribution in [3.63, 3.8) is 0 Å². The molecule has 0 aliphatic rings. The van der Waals surface area contributed by atoms with Crippen LogP contribution in [0, 0.1) is 0 Å². The van der Waals surface area contributed by atoms with Crippen LogP contribution in [0.25, 0.3) is 33.0 Å². The Kier molecular flexibility index (Phi) is 7.31. The van der Waals surface area contributed by atoms with Crippen LogP contribution >= 0.6 is 0 Å². The highest BCUT2D eigenvalue weighted by atomic mass is 15.4. The molecule has 2 N–H and O–H groups in total. The summed E-state index contributed by atoms with van der Waals surface area (Å²) in [7, 11) is 0. The number of aromatic nitrogens is 2. The lowest BCUT2D eigenvalue weighted by atomic mass is 10.0. The smallest absolute Gasteiger partial charge is 0.176 e. The zero-order valence-corrected chi connectivity index (χ0v) is 21.6. The van der Waals surface area contributed by atoms with E-state index in [0.717, 1.165) is 33.0 Å². The zero-order valence-electron chi connectivity index (χ0n) is 21.6. The SMILES string of the molecule is C(=N/Nc1nnc(N/N=C\c2ccc(-c3ccccc3)cc2)c2ccccc12)/c1ccc(-c2ccccc2)cc1. The quantitative estimate of drug-likeness (QED) is 0.159. The zero-order chi connectivity index (χ0) is 27.0. The summed E-state index contributed by atoms with van der Waals surface area (Å²) in [6, 6.07) is 45.0. The molecule has 0 aliphatic heterocycles. The van der Waals surface area contributed by atoms with Crippen LogP contribution in [0.5, 0.6) is 0 Å². The number of anilines is 2. The Bertz CT molecular complexity index is 1630. The van der Waals surface area contributed by atoms with Crippen LogP contribution in [-0.2, 0) is 0 Å². The maximum atomic E-state index is 4.40. The van der Waals surface area contributed by atoms with Crippen molar-refractivity contribution >= 4 is 34.8 Å². The Morgan fingerprint density at radius 2 is 0.750 bits per heavy atom. The highest BCUT2D eigenvalue weighted by Crippen LogP contribution is 2.26. The van der Waals surface area contributed by atoms with E-state index in [-0.39, 0.29) is 0 Å². The summed E-state index contributed by atoms with van der Waals surface area (Å²) in [6.07, 6.45) is 3.54. The predicted molar refractivity (Wildman–Crippen MR) is 166 cm³/mol. The molecule has 0 atom stereocenters. The van der Waals surface area contributed by atoms with Gasteiger partial charge in [0.1, 0.15) is 0 Å². The fourth-order valence-electron chi connectivity index (χ4n) is 4.39. The molecule has 0 saturated heterocycles. The molecule has 192 valence electrons. The molecule has 1 heterocycles. The van der Waals surface area contributed by atoms with Crippen molar-refractivity contribution in [2.75, 3.05) is 10.9 Å². The van der Waals surface area contributed by atoms with Gasteiger partial charge in [0.15, 0.2) is 11.6 Å². The van der Waals surface area contributed by atoms with Gasteiger partial charge < -0.3 is 0 Å². The second kappa shape index (κ2) is 11.8. The molecule has 0 fully saturated rings. The van der Waals surface area contributed by atoms with Crippen LogP contribution in [0.4, 0.5) is 11.6 Å². The third-order valence-corrected chi connectivity index (χ3v) is 6.49. The Hall–Kier alpha value is -5.62. The van der Waals surface area contributed by atoms with Crippen molar-refractivity contribution in [3.8, 4) is 22.3 Å². The topological polar surface area (TPSA) is 74.6 Å². The average Bonchev–Trinajstić information content (AvgIpc) is 3.03. The van der Waals surface area contributed by atoms with Crippen LogP contribution in [0.3, 0.4) is 0 Å². The molecule has 6 rings (SSSR count). The molecule has 0 aliphatic carbocycles. The molecule has 0 saturated carbocycles. The summed E-state index contributed by atoms with van der Waals surface area (Å²) < 4.78 is 0. The van der Waals surface area contributed by atoms with Crippen molar-refractivity contribution in [3.05, 3.63) is 145 Å². The van der Waals surface area contributed by atoms with Crippen molar-refractivity contribution < 1.29 is 0 Å². The van der Waals surface area contributed by atoms with Crippen LogP contribution in [-0.4, -0.2) is 22.6 Å². The lowest BCUT2D eigenvalue weighted by molar-refractivity contribution is 1.03.